The van der Waals surface area contributed by atoms with Crippen molar-refractivity contribution in [1.29, 1.82) is 0 Å². The Hall–Kier alpha value is -3.01. The van der Waals surface area contributed by atoms with E-state index in [1.54, 1.807) is 18.3 Å². The summed E-state index contributed by atoms with van der Waals surface area (Å²) in [4.78, 5) is 17.8. The SMILES string of the molecule is COc1cccc(F)c1C[C@@]1(O)CCC[C@@H](NC(=O)C2CCC3NNC(c4ccc5nccn5c4)C3C2)C1. The lowest BCUT2D eigenvalue weighted by molar-refractivity contribution is -0.128. The number of hydrogen-bond donors (Lipinski definition) is 4. The van der Waals surface area contributed by atoms with Crippen molar-refractivity contribution in [2.24, 2.45) is 11.8 Å². The zero-order valence-electron chi connectivity index (χ0n) is 21.7. The van der Waals surface area contributed by atoms with E-state index in [1.165, 1.54) is 18.7 Å². The van der Waals surface area contributed by atoms with E-state index in [0.29, 0.717) is 36.1 Å². The first-order valence-electron chi connectivity index (χ1n) is 13.7. The van der Waals surface area contributed by atoms with E-state index < -0.39 is 5.60 Å². The quantitative estimate of drug-likeness (QED) is 0.397. The van der Waals surface area contributed by atoms with Gasteiger partial charge < -0.3 is 19.6 Å². The van der Waals surface area contributed by atoms with Gasteiger partial charge in [0.25, 0.3) is 0 Å². The highest BCUT2D eigenvalue weighted by Gasteiger charge is 2.44. The number of nitrogens with one attached hydrogen (secondary N) is 3. The maximum Gasteiger partial charge on any atom is 0.223 e. The monoisotopic (exact) mass is 521 g/mol. The van der Waals surface area contributed by atoms with Crippen LogP contribution in [0, 0.1) is 17.7 Å². The van der Waals surface area contributed by atoms with Crippen LogP contribution in [0.4, 0.5) is 4.39 Å². The lowest BCUT2D eigenvalue weighted by atomic mass is 9.74. The van der Waals surface area contributed by atoms with Crippen molar-refractivity contribution >= 4 is 11.6 Å². The number of imidazole rings is 1. The summed E-state index contributed by atoms with van der Waals surface area (Å²) in [6.45, 7) is 0. The number of halogens is 1. The number of hydrogen-bond acceptors (Lipinski definition) is 6. The summed E-state index contributed by atoms with van der Waals surface area (Å²) in [5.41, 5.74) is 8.33. The fourth-order valence-corrected chi connectivity index (χ4v) is 6.92. The number of aliphatic hydroxyl groups is 1. The molecule has 1 saturated heterocycles. The van der Waals surface area contributed by atoms with E-state index in [4.69, 9.17) is 4.74 Å². The van der Waals surface area contributed by atoms with Crippen molar-refractivity contribution in [2.45, 2.75) is 75.1 Å². The number of aromatic nitrogens is 2. The number of methoxy groups -OCH3 is 1. The topological polar surface area (TPSA) is 99.9 Å². The minimum atomic E-state index is -1.08. The number of amides is 1. The molecule has 2 aromatic heterocycles. The highest BCUT2D eigenvalue weighted by atomic mass is 19.1. The minimum Gasteiger partial charge on any atom is -0.496 e. The number of pyridine rings is 1. The first-order chi connectivity index (χ1) is 18.4. The summed E-state index contributed by atoms with van der Waals surface area (Å²) in [5.74, 6) is 0.372. The van der Waals surface area contributed by atoms with Crippen molar-refractivity contribution in [3.63, 3.8) is 0 Å². The molecule has 9 heteroatoms. The molecule has 6 rings (SSSR count). The molecule has 0 spiro atoms. The lowest BCUT2D eigenvalue weighted by Gasteiger charge is -2.39. The molecule has 4 unspecified atom stereocenters. The van der Waals surface area contributed by atoms with Crippen LogP contribution in [0.15, 0.2) is 48.9 Å². The second kappa shape index (κ2) is 10.3. The van der Waals surface area contributed by atoms with Crippen LogP contribution in [0.1, 0.15) is 62.1 Å². The fourth-order valence-electron chi connectivity index (χ4n) is 6.92. The van der Waals surface area contributed by atoms with Gasteiger partial charge in [-0.3, -0.25) is 10.2 Å². The van der Waals surface area contributed by atoms with Crippen molar-refractivity contribution in [1.82, 2.24) is 25.6 Å². The number of rotatable bonds is 6. The summed E-state index contributed by atoms with van der Waals surface area (Å²) in [5, 5.41) is 14.7. The van der Waals surface area contributed by atoms with Crippen LogP contribution >= 0.6 is 0 Å². The predicted octanol–water partition coefficient (Wildman–Crippen LogP) is 3.45. The van der Waals surface area contributed by atoms with E-state index >= 15 is 0 Å². The maximum absolute atomic E-state index is 14.6. The van der Waals surface area contributed by atoms with E-state index in [9.17, 15) is 14.3 Å². The Bertz CT molecular complexity index is 1310. The normalized spacial score (nSPS) is 31.2. The molecule has 3 aromatic rings. The van der Waals surface area contributed by atoms with Crippen molar-refractivity contribution in [3.8, 4) is 5.75 Å². The highest BCUT2D eigenvalue weighted by Crippen LogP contribution is 2.41. The standard InChI is InChI=1S/C29H36FN5O3/c1-38-25-6-2-5-23(30)22(25)16-29(37)11-3-4-20(15-29)32-28(36)18-7-9-24-21(14-18)27(34-33-24)19-8-10-26-31-12-13-35(26)17-19/h2,5-6,8,10,12-13,17-18,20-21,24,27,33-34,37H,3-4,7,9,11,14-16H2,1H3,(H,32,36)/t18?,20-,21?,24?,27?,29-/m1/s1. The van der Waals surface area contributed by atoms with E-state index in [1.807, 2.05) is 16.7 Å². The van der Waals surface area contributed by atoms with Gasteiger partial charge in [-0.1, -0.05) is 12.1 Å². The Morgan fingerprint density at radius 3 is 3.03 bits per heavy atom. The minimum absolute atomic E-state index is 0.0666. The molecule has 3 heterocycles. The maximum atomic E-state index is 14.6. The first kappa shape index (κ1) is 25.3. The molecule has 38 heavy (non-hydrogen) atoms. The molecular formula is C29H36FN5O3. The third-order valence-electron chi connectivity index (χ3n) is 8.86. The summed E-state index contributed by atoms with van der Waals surface area (Å²) in [7, 11) is 1.51. The molecule has 6 atom stereocenters. The van der Waals surface area contributed by atoms with Gasteiger partial charge >= 0.3 is 0 Å². The average molecular weight is 522 g/mol. The molecule has 2 aliphatic carbocycles. The predicted molar refractivity (Wildman–Crippen MR) is 141 cm³/mol. The third-order valence-corrected chi connectivity index (χ3v) is 8.86. The van der Waals surface area contributed by atoms with Crippen molar-refractivity contribution in [3.05, 3.63) is 65.9 Å². The van der Waals surface area contributed by atoms with Gasteiger partial charge in [0, 0.05) is 48.6 Å². The molecule has 1 aromatic carbocycles. The number of nitrogens with zero attached hydrogens (tertiary/aromatic N) is 2. The first-order valence-corrected chi connectivity index (χ1v) is 13.7. The Morgan fingerprint density at radius 1 is 1.26 bits per heavy atom. The molecule has 1 amide bonds. The number of carbonyl (C=O) groups is 1. The van der Waals surface area contributed by atoms with Gasteiger partial charge in [-0.25, -0.2) is 14.8 Å². The van der Waals surface area contributed by atoms with Gasteiger partial charge in [-0.05, 0) is 74.6 Å². The fraction of sp³-hybridized carbons (Fsp3) is 0.517. The molecule has 4 N–H and O–H groups in total. The highest BCUT2D eigenvalue weighted by molar-refractivity contribution is 5.79. The molecule has 3 fully saturated rings. The van der Waals surface area contributed by atoms with E-state index in [0.717, 1.165) is 37.8 Å². The molecule has 0 bridgehead atoms. The van der Waals surface area contributed by atoms with Crippen molar-refractivity contribution < 1.29 is 19.0 Å². The Balaban J connectivity index is 1.10. The molecule has 0 radical (unpaired) electrons. The van der Waals surface area contributed by atoms with Gasteiger partial charge in [0.2, 0.25) is 5.91 Å². The largest absolute Gasteiger partial charge is 0.496 e. The Labute approximate surface area is 222 Å². The Morgan fingerprint density at radius 2 is 2.16 bits per heavy atom. The zero-order chi connectivity index (χ0) is 26.3. The Kier molecular flexibility index (Phi) is 6.84. The lowest BCUT2D eigenvalue weighted by Crippen LogP contribution is -2.49. The molecule has 1 aliphatic heterocycles. The summed E-state index contributed by atoms with van der Waals surface area (Å²) >= 11 is 0. The van der Waals surface area contributed by atoms with Gasteiger partial charge in [0.05, 0.1) is 18.8 Å². The zero-order valence-corrected chi connectivity index (χ0v) is 21.7. The second-order valence-corrected chi connectivity index (χ2v) is 11.3. The number of fused-ring (bicyclic) bond motifs is 2. The van der Waals surface area contributed by atoms with Crippen LogP contribution in [-0.4, -0.2) is 45.2 Å². The third kappa shape index (κ3) is 4.90. The summed E-state index contributed by atoms with van der Waals surface area (Å²) in [6.07, 6.45) is 11.2. The molecular weight excluding hydrogens is 485 g/mol. The molecule has 8 nitrogen and oxygen atoms in total. The van der Waals surface area contributed by atoms with Crippen LogP contribution in [0.5, 0.6) is 5.75 Å². The summed E-state index contributed by atoms with van der Waals surface area (Å²) < 4.78 is 21.9. The smallest absolute Gasteiger partial charge is 0.223 e. The molecule has 3 aliphatic rings. The summed E-state index contributed by atoms with van der Waals surface area (Å²) in [6, 6.07) is 9.18. The van der Waals surface area contributed by atoms with Crippen LogP contribution in [0.2, 0.25) is 0 Å². The molecule has 202 valence electrons. The van der Waals surface area contributed by atoms with Crippen LogP contribution in [-0.2, 0) is 11.2 Å². The molecule has 2 saturated carbocycles. The van der Waals surface area contributed by atoms with Crippen LogP contribution in [0.3, 0.4) is 0 Å². The van der Waals surface area contributed by atoms with Gasteiger partial charge in [0.15, 0.2) is 0 Å². The number of benzene rings is 1. The van der Waals surface area contributed by atoms with Crippen LogP contribution < -0.4 is 20.9 Å². The number of ether oxygens (including phenoxy) is 1. The van der Waals surface area contributed by atoms with Gasteiger partial charge in [-0.15, -0.1) is 0 Å². The second-order valence-electron chi connectivity index (χ2n) is 11.3. The van der Waals surface area contributed by atoms with Gasteiger partial charge in [0.1, 0.15) is 17.2 Å². The van der Waals surface area contributed by atoms with E-state index in [2.05, 4.69) is 33.4 Å². The number of carbonyl (C=O) groups excluding carboxylic acids is 1. The average Bonchev–Trinajstić information content (AvgIpc) is 3.56. The van der Waals surface area contributed by atoms with E-state index in [-0.39, 0.29) is 36.1 Å². The number of hydrazine groups is 1. The van der Waals surface area contributed by atoms with Crippen molar-refractivity contribution in [2.75, 3.05) is 7.11 Å². The van der Waals surface area contributed by atoms with Gasteiger partial charge in [-0.2, -0.15) is 0 Å². The van der Waals surface area contributed by atoms with Crippen LogP contribution in [0.25, 0.3) is 5.65 Å².